The van der Waals surface area contributed by atoms with Gasteiger partial charge in [-0.25, -0.2) is 0 Å². The van der Waals surface area contributed by atoms with Crippen molar-refractivity contribution in [2.24, 2.45) is 0 Å². The first-order valence-corrected chi connectivity index (χ1v) is 5.64. The zero-order valence-corrected chi connectivity index (χ0v) is 11.1. The van der Waals surface area contributed by atoms with Gasteiger partial charge in [-0.1, -0.05) is 48.6 Å². The third-order valence-corrected chi connectivity index (χ3v) is 3.03. The van der Waals surface area contributed by atoms with E-state index in [9.17, 15) is 0 Å². The van der Waals surface area contributed by atoms with Crippen molar-refractivity contribution in [3.8, 4) is 0 Å². The molecule has 0 aliphatic heterocycles. The van der Waals surface area contributed by atoms with Crippen LogP contribution in [0.3, 0.4) is 0 Å². The summed E-state index contributed by atoms with van der Waals surface area (Å²) in [5.74, 6) is 0. The molecule has 0 aromatic heterocycles. The van der Waals surface area contributed by atoms with Gasteiger partial charge in [-0.3, -0.25) is 0 Å². The summed E-state index contributed by atoms with van der Waals surface area (Å²) in [4.78, 5) is 0. The highest BCUT2D eigenvalue weighted by atomic mass is 79.9. The van der Waals surface area contributed by atoms with Crippen molar-refractivity contribution in [1.29, 1.82) is 0 Å². The standard InChI is InChI=1S/C15H14O.BrH/c1-2-4-12(5-3-1)10-16-11-15-9-13-6-7-14(15)8-13;/h1-7,9H,8,10-11H2;1H/p-1. The van der Waals surface area contributed by atoms with Crippen LogP contribution in [0.4, 0.5) is 0 Å². The Bertz CT molecular complexity index is 483. The van der Waals surface area contributed by atoms with Crippen molar-refractivity contribution in [2.75, 3.05) is 6.61 Å². The van der Waals surface area contributed by atoms with Crippen molar-refractivity contribution < 1.29 is 21.7 Å². The van der Waals surface area contributed by atoms with Crippen LogP contribution in [-0.2, 0) is 11.3 Å². The molecule has 1 aromatic rings. The molecule has 0 spiro atoms. The summed E-state index contributed by atoms with van der Waals surface area (Å²) in [5.41, 5.74) is 5.45. The molecule has 0 heterocycles. The smallest absolute Gasteiger partial charge is 0.0724 e. The van der Waals surface area contributed by atoms with E-state index in [2.05, 4.69) is 30.4 Å². The summed E-state index contributed by atoms with van der Waals surface area (Å²) in [6.45, 7) is 1.43. The van der Waals surface area contributed by atoms with Gasteiger partial charge in [-0.2, -0.15) is 0 Å². The molecular formula is C15H14BrO-. The Hall–Kier alpha value is -1.12. The minimum absolute atomic E-state index is 0. The van der Waals surface area contributed by atoms with E-state index in [-0.39, 0.29) is 17.0 Å². The molecule has 0 saturated heterocycles. The van der Waals surface area contributed by atoms with Crippen molar-refractivity contribution >= 4 is 0 Å². The van der Waals surface area contributed by atoms with Crippen molar-refractivity contribution in [1.82, 2.24) is 0 Å². The first-order chi connectivity index (χ1) is 7.92. The van der Waals surface area contributed by atoms with Gasteiger partial charge >= 0.3 is 0 Å². The fourth-order valence-electron chi connectivity index (χ4n) is 2.17. The predicted molar refractivity (Wildman–Crippen MR) is 65.0 cm³/mol. The number of ether oxygens (including phenoxy) is 1. The second-order valence-electron chi connectivity index (χ2n) is 4.26. The molecule has 2 heteroatoms. The Morgan fingerprint density at radius 1 is 1.00 bits per heavy atom. The number of hydrogen-bond donors (Lipinski definition) is 0. The van der Waals surface area contributed by atoms with Crippen LogP contribution in [0, 0.1) is 0 Å². The predicted octanol–water partition coefficient (Wildman–Crippen LogP) is 0.404. The molecule has 2 aliphatic carbocycles. The zero-order chi connectivity index (χ0) is 10.8. The Labute approximate surface area is 112 Å². The highest BCUT2D eigenvalue weighted by Gasteiger charge is 2.16. The lowest BCUT2D eigenvalue weighted by molar-refractivity contribution is -0.00000353. The van der Waals surface area contributed by atoms with Crippen LogP contribution in [0.15, 0.2) is 65.3 Å². The number of halogens is 1. The lowest BCUT2D eigenvalue weighted by Gasteiger charge is -2.06. The van der Waals surface area contributed by atoms with E-state index in [1.54, 1.807) is 0 Å². The summed E-state index contributed by atoms with van der Waals surface area (Å²) in [5, 5.41) is 0. The molecule has 0 N–H and O–H groups in total. The Morgan fingerprint density at radius 3 is 2.47 bits per heavy atom. The maximum atomic E-state index is 5.72. The average molecular weight is 290 g/mol. The average Bonchev–Trinajstić information content (AvgIpc) is 2.92. The monoisotopic (exact) mass is 289 g/mol. The van der Waals surface area contributed by atoms with Crippen LogP contribution in [-0.4, -0.2) is 6.61 Å². The number of hydrogen-bond acceptors (Lipinski definition) is 1. The van der Waals surface area contributed by atoms with Crippen LogP contribution >= 0.6 is 0 Å². The van der Waals surface area contributed by atoms with E-state index in [1.807, 2.05) is 18.2 Å². The number of rotatable bonds is 4. The maximum absolute atomic E-state index is 5.72. The van der Waals surface area contributed by atoms with Crippen LogP contribution in [0.2, 0.25) is 0 Å². The van der Waals surface area contributed by atoms with E-state index in [0.717, 1.165) is 13.0 Å². The molecule has 2 bridgehead atoms. The van der Waals surface area contributed by atoms with Gasteiger partial charge in [0.1, 0.15) is 0 Å². The van der Waals surface area contributed by atoms with Crippen molar-refractivity contribution in [2.45, 2.75) is 13.0 Å². The van der Waals surface area contributed by atoms with Gasteiger partial charge in [0.05, 0.1) is 13.2 Å². The summed E-state index contributed by atoms with van der Waals surface area (Å²) in [6, 6.07) is 10.3. The quantitative estimate of drug-likeness (QED) is 0.780. The molecule has 0 atom stereocenters. The summed E-state index contributed by atoms with van der Waals surface area (Å²) < 4.78 is 5.72. The number of benzene rings is 1. The fraction of sp³-hybridized carbons (Fsp3) is 0.200. The Kier molecular flexibility index (Phi) is 3.97. The third-order valence-electron chi connectivity index (χ3n) is 3.03. The Balaban J connectivity index is 0.00000108. The van der Waals surface area contributed by atoms with Gasteiger partial charge in [0, 0.05) is 0 Å². The van der Waals surface area contributed by atoms with E-state index in [1.165, 1.54) is 22.3 Å². The molecule has 0 unspecified atom stereocenters. The molecule has 1 nitrogen and oxygen atoms in total. The second-order valence-corrected chi connectivity index (χ2v) is 4.26. The second kappa shape index (κ2) is 5.48. The number of allylic oxidation sites excluding steroid dienone is 4. The molecule has 0 radical (unpaired) electrons. The molecule has 3 rings (SSSR count). The lowest BCUT2D eigenvalue weighted by atomic mass is 10.1. The molecular weight excluding hydrogens is 276 g/mol. The summed E-state index contributed by atoms with van der Waals surface area (Å²) in [6.07, 6.45) is 7.76. The van der Waals surface area contributed by atoms with Crippen LogP contribution in [0.25, 0.3) is 0 Å². The molecule has 0 fully saturated rings. The largest absolute Gasteiger partial charge is 1.00 e. The topological polar surface area (TPSA) is 9.23 Å². The molecule has 17 heavy (non-hydrogen) atoms. The van der Waals surface area contributed by atoms with E-state index < -0.39 is 0 Å². The highest BCUT2D eigenvalue weighted by molar-refractivity contribution is 5.55. The van der Waals surface area contributed by atoms with E-state index in [0.29, 0.717) is 6.61 Å². The fourth-order valence-corrected chi connectivity index (χ4v) is 2.17. The van der Waals surface area contributed by atoms with Gasteiger partial charge in [-0.15, -0.1) is 0 Å². The summed E-state index contributed by atoms with van der Waals surface area (Å²) >= 11 is 0. The van der Waals surface area contributed by atoms with Gasteiger partial charge in [0.25, 0.3) is 0 Å². The van der Waals surface area contributed by atoms with Gasteiger partial charge in [0.2, 0.25) is 0 Å². The van der Waals surface area contributed by atoms with Crippen LogP contribution in [0.5, 0.6) is 0 Å². The minimum Gasteiger partial charge on any atom is -1.00 e. The van der Waals surface area contributed by atoms with Crippen molar-refractivity contribution in [3.05, 3.63) is 70.8 Å². The first-order valence-electron chi connectivity index (χ1n) is 5.64. The third kappa shape index (κ3) is 2.76. The maximum Gasteiger partial charge on any atom is 0.0724 e. The van der Waals surface area contributed by atoms with Gasteiger partial charge < -0.3 is 21.7 Å². The lowest BCUT2D eigenvalue weighted by Crippen LogP contribution is -3.00. The van der Waals surface area contributed by atoms with Crippen LogP contribution in [0.1, 0.15) is 12.0 Å². The van der Waals surface area contributed by atoms with Crippen LogP contribution < -0.4 is 17.0 Å². The molecule has 1 aromatic carbocycles. The minimum atomic E-state index is 0. The molecule has 0 amide bonds. The normalized spacial score (nSPS) is 16.1. The zero-order valence-electron chi connectivity index (χ0n) is 9.53. The molecule has 88 valence electrons. The van der Waals surface area contributed by atoms with E-state index in [4.69, 9.17) is 4.74 Å². The van der Waals surface area contributed by atoms with Gasteiger partial charge in [-0.05, 0) is 28.7 Å². The molecule has 0 saturated carbocycles. The first kappa shape index (κ1) is 12.3. The summed E-state index contributed by atoms with van der Waals surface area (Å²) in [7, 11) is 0. The van der Waals surface area contributed by atoms with E-state index >= 15 is 0 Å². The highest BCUT2D eigenvalue weighted by Crippen LogP contribution is 2.33. The molecule has 2 aliphatic rings. The Morgan fingerprint density at radius 2 is 1.82 bits per heavy atom. The number of fused-ring (bicyclic) bond motifs is 2. The van der Waals surface area contributed by atoms with Crippen molar-refractivity contribution in [3.63, 3.8) is 0 Å². The van der Waals surface area contributed by atoms with Gasteiger partial charge in [0.15, 0.2) is 0 Å². The SMILES string of the molecule is C1=CC2=C(COCc3ccccc3)C=C1C2.[Br-].